The van der Waals surface area contributed by atoms with Gasteiger partial charge >= 0.3 is 5.97 Å². The average Bonchev–Trinajstić information content (AvgIpc) is 3.00. The van der Waals surface area contributed by atoms with Crippen LogP contribution in [0.1, 0.15) is 67.7 Å². The van der Waals surface area contributed by atoms with Crippen LogP contribution in [0.2, 0.25) is 0 Å². The Morgan fingerprint density at radius 2 is 2.07 bits per heavy atom. The van der Waals surface area contributed by atoms with Crippen molar-refractivity contribution in [3.8, 4) is 0 Å². The van der Waals surface area contributed by atoms with Gasteiger partial charge in [-0.05, 0) is 37.5 Å². The van der Waals surface area contributed by atoms with Gasteiger partial charge in [0.25, 0.3) is 5.91 Å². The van der Waals surface area contributed by atoms with Crippen LogP contribution in [0.25, 0.3) is 0 Å². The van der Waals surface area contributed by atoms with Crippen LogP contribution >= 0.6 is 0 Å². The summed E-state index contributed by atoms with van der Waals surface area (Å²) in [6, 6.07) is 0. The number of aliphatic hydroxyl groups is 1. The minimum Gasteiger partial charge on any atom is -0.465 e. The molecular formula is C21H31N3O5. The summed E-state index contributed by atoms with van der Waals surface area (Å²) in [7, 11) is 0. The Morgan fingerprint density at radius 3 is 2.72 bits per heavy atom. The summed E-state index contributed by atoms with van der Waals surface area (Å²) < 4.78 is 12.4. The number of nitrogens with one attached hydrogen (secondary N) is 1. The number of fused-ring (bicyclic) bond motifs is 1. The van der Waals surface area contributed by atoms with E-state index in [9.17, 15) is 14.7 Å². The van der Waals surface area contributed by atoms with Gasteiger partial charge in [-0.2, -0.15) is 5.10 Å². The number of nitrogens with zero attached hydrogens (tertiary/aromatic N) is 2. The second-order valence-corrected chi connectivity index (χ2v) is 8.76. The van der Waals surface area contributed by atoms with Crippen LogP contribution in [0.5, 0.6) is 0 Å². The fraction of sp³-hybridized carbons (Fsp3) is 0.762. The van der Waals surface area contributed by atoms with E-state index >= 15 is 0 Å². The van der Waals surface area contributed by atoms with Gasteiger partial charge in [0.1, 0.15) is 0 Å². The van der Waals surface area contributed by atoms with E-state index in [4.69, 9.17) is 9.47 Å². The van der Waals surface area contributed by atoms with Gasteiger partial charge in [0.15, 0.2) is 5.72 Å². The predicted molar refractivity (Wildman–Crippen MR) is 104 cm³/mol. The number of esters is 1. The van der Waals surface area contributed by atoms with Crippen LogP contribution in [0.15, 0.2) is 0 Å². The van der Waals surface area contributed by atoms with Crippen molar-refractivity contribution >= 4 is 11.9 Å². The molecule has 1 spiro atoms. The van der Waals surface area contributed by atoms with Crippen molar-refractivity contribution in [2.24, 2.45) is 11.3 Å². The molecule has 2 N–H and O–H groups in total. The zero-order valence-electron chi connectivity index (χ0n) is 17.3. The van der Waals surface area contributed by atoms with Crippen LogP contribution in [0, 0.1) is 11.3 Å². The minimum absolute atomic E-state index is 0.0818. The molecule has 0 bridgehead atoms. The molecule has 1 saturated heterocycles. The summed E-state index contributed by atoms with van der Waals surface area (Å²) in [5.74, 6) is -0.703. The van der Waals surface area contributed by atoms with Gasteiger partial charge in [0.2, 0.25) is 0 Å². The SMILES string of the molecule is CCCOC(=O)C1CC(O)(n2nc(CC)c3c2CC2(CCOCC2)CNC3=O)C1. The molecule has 29 heavy (non-hydrogen) atoms. The summed E-state index contributed by atoms with van der Waals surface area (Å²) in [5, 5.41) is 19.0. The van der Waals surface area contributed by atoms with Gasteiger partial charge in [-0.3, -0.25) is 9.59 Å². The lowest BCUT2D eigenvalue weighted by molar-refractivity contribution is -0.185. The molecule has 0 radical (unpaired) electrons. The first-order valence-electron chi connectivity index (χ1n) is 10.8. The van der Waals surface area contributed by atoms with Gasteiger partial charge in [-0.15, -0.1) is 0 Å². The molecule has 0 atom stereocenters. The number of carbonyl (C=O) groups excluding carboxylic acids is 2. The second kappa shape index (κ2) is 7.72. The van der Waals surface area contributed by atoms with Crippen molar-refractivity contribution in [1.29, 1.82) is 0 Å². The largest absolute Gasteiger partial charge is 0.465 e. The Labute approximate surface area is 170 Å². The van der Waals surface area contributed by atoms with E-state index in [0.717, 1.165) is 25.0 Å². The Balaban J connectivity index is 1.64. The van der Waals surface area contributed by atoms with Crippen molar-refractivity contribution < 1.29 is 24.2 Å². The highest BCUT2D eigenvalue weighted by Gasteiger charge is 2.52. The number of hydrogen-bond donors (Lipinski definition) is 2. The maximum absolute atomic E-state index is 12.9. The summed E-state index contributed by atoms with van der Waals surface area (Å²) in [6.07, 6.45) is 4.32. The zero-order valence-corrected chi connectivity index (χ0v) is 17.3. The van der Waals surface area contributed by atoms with E-state index in [1.54, 1.807) is 4.68 Å². The predicted octanol–water partition coefficient (Wildman–Crippen LogP) is 1.54. The van der Waals surface area contributed by atoms with Crippen LogP contribution in [0.4, 0.5) is 0 Å². The fourth-order valence-corrected chi connectivity index (χ4v) is 4.84. The van der Waals surface area contributed by atoms with Crippen LogP contribution in [0.3, 0.4) is 0 Å². The van der Waals surface area contributed by atoms with E-state index in [1.165, 1.54) is 0 Å². The molecule has 4 rings (SSSR count). The topological polar surface area (TPSA) is 103 Å². The van der Waals surface area contributed by atoms with Crippen molar-refractivity contribution in [2.45, 2.75) is 64.5 Å². The summed E-state index contributed by atoms with van der Waals surface area (Å²) in [6.45, 7) is 6.27. The molecule has 2 fully saturated rings. The maximum atomic E-state index is 12.9. The lowest BCUT2D eigenvalue weighted by atomic mass is 9.74. The molecule has 3 aliphatic rings. The molecule has 1 saturated carbocycles. The number of amides is 1. The Kier molecular flexibility index (Phi) is 5.42. The Morgan fingerprint density at radius 1 is 1.34 bits per heavy atom. The Bertz CT molecular complexity index is 790. The number of hydrogen-bond acceptors (Lipinski definition) is 6. The van der Waals surface area contributed by atoms with Gasteiger partial charge < -0.3 is 19.9 Å². The molecule has 1 amide bonds. The highest BCUT2D eigenvalue weighted by atomic mass is 16.5. The van der Waals surface area contributed by atoms with Crippen LogP contribution < -0.4 is 5.32 Å². The lowest BCUT2D eigenvalue weighted by Crippen LogP contribution is -2.51. The highest BCUT2D eigenvalue weighted by molar-refractivity contribution is 5.97. The van der Waals surface area contributed by atoms with E-state index < -0.39 is 5.72 Å². The molecule has 1 aliphatic carbocycles. The molecule has 8 nitrogen and oxygen atoms in total. The first-order valence-corrected chi connectivity index (χ1v) is 10.8. The first-order chi connectivity index (χ1) is 13.9. The van der Waals surface area contributed by atoms with E-state index in [-0.39, 0.29) is 36.1 Å². The minimum atomic E-state index is -1.25. The lowest BCUT2D eigenvalue weighted by Gasteiger charge is -2.44. The highest BCUT2D eigenvalue weighted by Crippen LogP contribution is 2.45. The molecule has 160 valence electrons. The van der Waals surface area contributed by atoms with Crippen molar-refractivity contribution in [3.63, 3.8) is 0 Å². The standard InChI is InChI=1S/C21H31N3O5/c1-3-7-29-19(26)14-10-21(27,11-14)24-16-12-20(5-8-28-9-6-20)13-22-18(25)17(16)15(4-2)23-24/h14,27H,3-13H2,1-2H3,(H,22,25). The van der Waals surface area contributed by atoms with Crippen molar-refractivity contribution in [3.05, 3.63) is 17.0 Å². The smallest absolute Gasteiger partial charge is 0.309 e. The van der Waals surface area contributed by atoms with E-state index in [2.05, 4.69) is 10.4 Å². The molecule has 0 aromatic carbocycles. The van der Waals surface area contributed by atoms with Crippen LogP contribution in [-0.2, 0) is 32.8 Å². The molecule has 1 aromatic heterocycles. The summed E-state index contributed by atoms with van der Waals surface area (Å²) in [4.78, 5) is 25.1. The fourth-order valence-electron chi connectivity index (χ4n) is 4.84. The third kappa shape index (κ3) is 3.57. The molecule has 8 heteroatoms. The van der Waals surface area contributed by atoms with Crippen LogP contribution in [-0.4, -0.2) is 53.1 Å². The normalized spacial score (nSPS) is 28.2. The quantitative estimate of drug-likeness (QED) is 0.721. The molecule has 0 unspecified atom stereocenters. The van der Waals surface area contributed by atoms with Gasteiger partial charge in [-0.25, -0.2) is 4.68 Å². The molecule has 1 aromatic rings. The Hall–Kier alpha value is -1.93. The van der Waals surface area contributed by atoms with E-state index in [0.29, 0.717) is 50.5 Å². The number of ether oxygens (including phenoxy) is 2. The summed E-state index contributed by atoms with van der Waals surface area (Å²) in [5.41, 5.74) is 0.765. The number of rotatable bonds is 5. The molecular weight excluding hydrogens is 374 g/mol. The van der Waals surface area contributed by atoms with Crippen molar-refractivity contribution in [2.75, 3.05) is 26.4 Å². The zero-order chi connectivity index (χ0) is 20.6. The van der Waals surface area contributed by atoms with Gasteiger partial charge in [0, 0.05) is 32.6 Å². The third-order valence-corrected chi connectivity index (χ3v) is 6.66. The van der Waals surface area contributed by atoms with Gasteiger partial charge in [0.05, 0.1) is 29.5 Å². The van der Waals surface area contributed by atoms with Crippen molar-refractivity contribution in [1.82, 2.24) is 15.1 Å². The molecule has 2 aliphatic heterocycles. The maximum Gasteiger partial charge on any atom is 0.309 e. The summed E-state index contributed by atoms with van der Waals surface area (Å²) >= 11 is 0. The average molecular weight is 405 g/mol. The molecule has 3 heterocycles. The van der Waals surface area contributed by atoms with Gasteiger partial charge in [-0.1, -0.05) is 13.8 Å². The van der Waals surface area contributed by atoms with E-state index in [1.807, 2.05) is 13.8 Å². The second-order valence-electron chi connectivity index (χ2n) is 8.76. The monoisotopic (exact) mass is 405 g/mol. The third-order valence-electron chi connectivity index (χ3n) is 6.66. The first kappa shape index (κ1) is 20.3. The number of aryl methyl sites for hydroxylation is 1. The number of carbonyl (C=O) groups is 2. The number of aromatic nitrogens is 2.